The fourth-order valence-corrected chi connectivity index (χ4v) is 3.68. The Bertz CT molecular complexity index is 956. The number of aromatic nitrogens is 1. The number of nitrogens with zero attached hydrogens (tertiary/aromatic N) is 1. The topological polar surface area (TPSA) is 43.3 Å². The average Bonchev–Trinajstić information content (AvgIpc) is 3.51. The van der Waals surface area contributed by atoms with Gasteiger partial charge in [-0.1, -0.05) is 56.3 Å². The van der Waals surface area contributed by atoms with E-state index in [1.165, 1.54) is 29.5 Å². The fourth-order valence-electron chi connectivity index (χ4n) is 3.68. The van der Waals surface area contributed by atoms with Crippen molar-refractivity contribution >= 4 is 11.7 Å². The molecule has 0 spiro atoms. The molecule has 0 bridgehead atoms. The van der Waals surface area contributed by atoms with Crippen molar-refractivity contribution in [3.05, 3.63) is 89.7 Å². The molecule has 156 valence electrons. The van der Waals surface area contributed by atoms with Crippen molar-refractivity contribution in [1.82, 2.24) is 4.57 Å². The van der Waals surface area contributed by atoms with Gasteiger partial charge in [-0.3, -0.25) is 0 Å². The number of esters is 1. The lowest BCUT2D eigenvalue weighted by atomic mass is 10.0. The van der Waals surface area contributed by atoms with Gasteiger partial charge >= 0.3 is 5.97 Å². The van der Waals surface area contributed by atoms with E-state index in [0.29, 0.717) is 0 Å². The monoisotopic (exact) mass is 402 g/mol. The Morgan fingerprint density at radius 1 is 1.03 bits per heavy atom. The van der Waals surface area contributed by atoms with Crippen LogP contribution in [0.15, 0.2) is 73.1 Å². The molecule has 1 fully saturated rings. The average molecular weight is 403 g/mol. The van der Waals surface area contributed by atoms with Gasteiger partial charge in [-0.2, -0.15) is 0 Å². The molecule has 4 rings (SSSR count). The predicted molar refractivity (Wildman–Crippen MR) is 120 cm³/mol. The number of nitrogens with one attached hydrogen (secondary N) is 1. The van der Waals surface area contributed by atoms with Crippen molar-refractivity contribution in [2.75, 3.05) is 5.32 Å². The normalized spacial score (nSPS) is 14.5. The Morgan fingerprint density at radius 3 is 2.43 bits per heavy atom. The Balaban J connectivity index is 1.32. The maximum Gasteiger partial charge on any atom is 0.330 e. The summed E-state index contributed by atoms with van der Waals surface area (Å²) in [4.78, 5) is 12.7. The highest BCUT2D eigenvalue weighted by Crippen LogP contribution is 2.40. The molecule has 1 heterocycles. The molecule has 4 heteroatoms. The van der Waals surface area contributed by atoms with Gasteiger partial charge in [0, 0.05) is 18.1 Å². The van der Waals surface area contributed by atoms with Crippen LogP contribution in [0.2, 0.25) is 0 Å². The van der Waals surface area contributed by atoms with E-state index < -0.39 is 0 Å². The minimum Gasteiger partial charge on any atom is -0.442 e. The van der Waals surface area contributed by atoms with Gasteiger partial charge in [0.25, 0.3) is 0 Å². The standard InChI is InChI=1S/C26H30N2O2/c1-19(2)25(27-24-12-10-23(11-13-24)22-8-9-22)26(29)30-18-28-15-14-21(17-28)16-20-6-4-3-5-7-20/h3-7,10-15,17,19,22,25,27H,8-9,16,18H2,1-2H3. The molecule has 1 aromatic heterocycles. The number of carbonyl (C=O) groups is 1. The lowest BCUT2D eigenvalue weighted by Gasteiger charge is -2.22. The molecule has 1 unspecified atom stereocenters. The summed E-state index contributed by atoms with van der Waals surface area (Å²) in [5.74, 6) is 0.631. The SMILES string of the molecule is CC(C)C(Nc1ccc(C2CC2)cc1)C(=O)OCn1ccc(Cc2ccccc2)c1. The lowest BCUT2D eigenvalue weighted by Crippen LogP contribution is -2.36. The molecule has 30 heavy (non-hydrogen) atoms. The van der Waals surface area contributed by atoms with E-state index >= 15 is 0 Å². The number of carbonyl (C=O) groups excluding carboxylic acids is 1. The molecule has 3 aromatic rings. The summed E-state index contributed by atoms with van der Waals surface area (Å²) >= 11 is 0. The molecule has 0 saturated heterocycles. The smallest absolute Gasteiger partial charge is 0.330 e. The van der Waals surface area contributed by atoms with E-state index in [4.69, 9.17) is 4.74 Å². The third-order valence-electron chi connectivity index (χ3n) is 5.62. The summed E-state index contributed by atoms with van der Waals surface area (Å²) in [6, 6.07) is 20.5. The zero-order valence-corrected chi connectivity index (χ0v) is 17.8. The van der Waals surface area contributed by atoms with Crippen LogP contribution in [0.25, 0.3) is 0 Å². The minimum absolute atomic E-state index is 0.124. The van der Waals surface area contributed by atoms with E-state index in [2.05, 4.69) is 47.8 Å². The third-order valence-corrected chi connectivity index (χ3v) is 5.62. The van der Waals surface area contributed by atoms with Gasteiger partial charge in [-0.15, -0.1) is 0 Å². The second kappa shape index (κ2) is 9.21. The van der Waals surface area contributed by atoms with Crippen LogP contribution in [-0.4, -0.2) is 16.6 Å². The van der Waals surface area contributed by atoms with Gasteiger partial charge < -0.3 is 14.6 Å². The van der Waals surface area contributed by atoms with Gasteiger partial charge in [0.05, 0.1) is 0 Å². The van der Waals surface area contributed by atoms with Crippen LogP contribution in [0, 0.1) is 5.92 Å². The van der Waals surface area contributed by atoms with Crippen molar-refractivity contribution in [2.45, 2.75) is 51.8 Å². The molecule has 1 saturated carbocycles. The first kappa shape index (κ1) is 20.3. The highest BCUT2D eigenvalue weighted by atomic mass is 16.5. The summed E-state index contributed by atoms with van der Waals surface area (Å²) in [7, 11) is 0. The molecule has 0 aliphatic heterocycles. The van der Waals surface area contributed by atoms with E-state index in [0.717, 1.165) is 18.0 Å². The predicted octanol–water partition coefficient (Wildman–Crippen LogP) is 5.59. The fraction of sp³-hybridized carbons (Fsp3) is 0.346. The molecule has 0 radical (unpaired) electrons. The van der Waals surface area contributed by atoms with Gasteiger partial charge in [-0.25, -0.2) is 4.79 Å². The van der Waals surface area contributed by atoms with Crippen molar-refractivity contribution in [1.29, 1.82) is 0 Å². The molecule has 4 nitrogen and oxygen atoms in total. The highest BCUT2D eigenvalue weighted by molar-refractivity contribution is 5.79. The Hall–Kier alpha value is -3.01. The van der Waals surface area contributed by atoms with Crippen LogP contribution in [0.4, 0.5) is 5.69 Å². The number of hydrogen-bond acceptors (Lipinski definition) is 3. The molecule has 0 amide bonds. The van der Waals surface area contributed by atoms with Crippen molar-refractivity contribution in [2.24, 2.45) is 5.92 Å². The first-order chi connectivity index (χ1) is 14.6. The Morgan fingerprint density at radius 2 is 1.77 bits per heavy atom. The van der Waals surface area contributed by atoms with Crippen LogP contribution in [0.5, 0.6) is 0 Å². The maximum absolute atomic E-state index is 12.7. The number of anilines is 1. The van der Waals surface area contributed by atoms with Crippen LogP contribution < -0.4 is 5.32 Å². The summed E-state index contributed by atoms with van der Waals surface area (Å²) < 4.78 is 7.54. The number of rotatable bonds is 9. The quantitative estimate of drug-likeness (QED) is 0.474. The van der Waals surface area contributed by atoms with E-state index in [9.17, 15) is 4.79 Å². The van der Waals surface area contributed by atoms with Gasteiger partial charge in [0.1, 0.15) is 6.04 Å². The second-order valence-corrected chi connectivity index (χ2v) is 8.55. The first-order valence-electron chi connectivity index (χ1n) is 10.8. The van der Waals surface area contributed by atoms with Crippen LogP contribution in [-0.2, 0) is 22.7 Å². The molecule has 1 aliphatic carbocycles. The zero-order chi connectivity index (χ0) is 20.9. The summed E-state index contributed by atoms with van der Waals surface area (Å²) in [5.41, 5.74) is 4.82. The summed E-state index contributed by atoms with van der Waals surface area (Å²) in [5, 5.41) is 3.36. The van der Waals surface area contributed by atoms with E-state index in [-0.39, 0.29) is 24.7 Å². The minimum atomic E-state index is -0.379. The van der Waals surface area contributed by atoms with Crippen molar-refractivity contribution in [3.63, 3.8) is 0 Å². The summed E-state index contributed by atoms with van der Waals surface area (Å²) in [6.45, 7) is 4.29. The van der Waals surface area contributed by atoms with E-state index in [1.54, 1.807) is 0 Å². The zero-order valence-electron chi connectivity index (χ0n) is 17.8. The van der Waals surface area contributed by atoms with Crippen molar-refractivity contribution < 1.29 is 9.53 Å². The molecular weight excluding hydrogens is 372 g/mol. The molecule has 1 atom stereocenters. The van der Waals surface area contributed by atoms with Crippen LogP contribution in [0.3, 0.4) is 0 Å². The van der Waals surface area contributed by atoms with Crippen LogP contribution in [0.1, 0.15) is 49.3 Å². The van der Waals surface area contributed by atoms with Gasteiger partial charge in [-0.05, 0) is 66.0 Å². The van der Waals surface area contributed by atoms with Gasteiger partial charge in [0.15, 0.2) is 6.73 Å². The number of ether oxygens (including phenoxy) is 1. The Labute approximate surface area is 178 Å². The highest BCUT2D eigenvalue weighted by Gasteiger charge is 2.25. The van der Waals surface area contributed by atoms with Crippen molar-refractivity contribution in [3.8, 4) is 0 Å². The maximum atomic E-state index is 12.7. The number of hydrogen-bond donors (Lipinski definition) is 1. The largest absolute Gasteiger partial charge is 0.442 e. The summed E-state index contributed by atoms with van der Waals surface area (Å²) in [6.07, 6.45) is 7.45. The lowest BCUT2D eigenvalue weighted by molar-refractivity contribution is -0.149. The number of benzene rings is 2. The van der Waals surface area contributed by atoms with Crippen LogP contribution >= 0.6 is 0 Å². The third kappa shape index (κ3) is 5.32. The van der Waals surface area contributed by atoms with Gasteiger partial charge in [0.2, 0.25) is 0 Å². The molecular formula is C26H30N2O2. The molecule has 1 aliphatic rings. The first-order valence-corrected chi connectivity index (χ1v) is 10.8. The Kier molecular flexibility index (Phi) is 6.22. The second-order valence-electron chi connectivity index (χ2n) is 8.55. The molecule has 2 aromatic carbocycles. The van der Waals surface area contributed by atoms with E-state index in [1.807, 2.05) is 49.0 Å². The molecule has 1 N–H and O–H groups in total.